The number of amides is 4. The second kappa shape index (κ2) is 21.7. The molecule has 2 N–H and O–H groups in total. The molecule has 2 aliphatic carbocycles. The number of rotatable bonds is 13. The Morgan fingerprint density at radius 2 is 1.24 bits per heavy atom. The first-order valence-corrected chi connectivity index (χ1v) is 23.4. The van der Waals surface area contributed by atoms with Crippen LogP contribution in [0.1, 0.15) is 63.0 Å². The molecule has 2 saturated carbocycles. The summed E-state index contributed by atoms with van der Waals surface area (Å²) < 4.78 is 10.3. The van der Waals surface area contributed by atoms with Crippen LogP contribution in [0.4, 0.5) is 9.59 Å². The van der Waals surface area contributed by atoms with Gasteiger partial charge in [-0.2, -0.15) is 0 Å². The number of benzene rings is 2. The summed E-state index contributed by atoms with van der Waals surface area (Å²) in [6.45, 7) is 6.23. The van der Waals surface area contributed by atoms with Crippen molar-refractivity contribution >= 4 is 53.1 Å². The summed E-state index contributed by atoms with van der Waals surface area (Å²) in [5.41, 5.74) is 2.22. The molecule has 2 aromatic carbocycles. The van der Waals surface area contributed by atoms with Gasteiger partial charge in [-0.05, 0) is 62.0 Å². The van der Waals surface area contributed by atoms with Gasteiger partial charge in [-0.1, -0.05) is 105 Å². The summed E-state index contributed by atoms with van der Waals surface area (Å²) in [5.74, 6) is 0.695. The van der Waals surface area contributed by atoms with Gasteiger partial charge in [0.05, 0.1) is 18.0 Å². The SMILES string of the molecule is C/C=C/[C@@H](CC1CC1)C(=O)N1C(=O)OC[C@@H]1Cc1ccccc1.C=CC[C@@H](CC1CC1)C(=O)N1C(=O)OC[C@@H]1Cc1ccccc1.O.[Cl][Rh]([Cl])[Cl]. The van der Waals surface area contributed by atoms with Gasteiger partial charge in [0.2, 0.25) is 11.8 Å². The molecule has 282 valence electrons. The molecular weight excluding hydrogens is 806 g/mol. The summed E-state index contributed by atoms with van der Waals surface area (Å²) in [5, 5.41) is 0. The van der Waals surface area contributed by atoms with E-state index >= 15 is 0 Å². The number of cyclic esters (lactones) is 2. The Morgan fingerprint density at radius 1 is 0.804 bits per heavy atom. The molecule has 0 aromatic heterocycles. The molecule has 4 atom stereocenters. The Kier molecular flexibility index (Phi) is 18.2. The van der Waals surface area contributed by atoms with Crippen LogP contribution in [0.2, 0.25) is 0 Å². The molecule has 51 heavy (non-hydrogen) atoms. The summed E-state index contributed by atoms with van der Waals surface area (Å²) in [4.78, 5) is 52.6. The van der Waals surface area contributed by atoms with Gasteiger partial charge in [0.1, 0.15) is 13.2 Å². The van der Waals surface area contributed by atoms with Crippen LogP contribution in [0.5, 0.6) is 0 Å². The maximum absolute atomic E-state index is 12.9. The van der Waals surface area contributed by atoms with E-state index in [1.165, 1.54) is 35.5 Å². The molecule has 4 aliphatic rings. The van der Waals surface area contributed by atoms with Crippen molar-refractivity contribution in [2.75, 3.05) is 13.2 Å². The standard InChI is InChI=1S/2C19H23NO3.3ClH.H2O.Rh/c2*1-2-6-16(11-15-9-10-15)18(21)20-17(13-23-19(20)22)12-14-7-4-3-5-8-14;;;;;/h2-8,15-17H,9-13H2,1H3;2-5,7-8,15-17H,1,6,9-13H2;3*1H;1H2;/q;;;;;;+3/p-3/b6-2+;;;;;;/t2*16-,17-;;;;;/m00...../s1. The number of nitrogens with zero attached hydrogens (tertiary/aromatic N) is 2. The molecule has 4 fully saturated rings. The quantitative estimate of drug-likeness (QED) is 0.147. The van der Waals surface area contributed by atoms with Crippen molar-refractivity contribution in [2.24, 2.45) is 23.7 Å². The molecule has 0 unspecified atom stereocenters. The van der Waals surface area contributed by atoms with E-state index in [2.05, 4.69) is 6.58 Å². The van der Waals surface area contributed by atoms with Crippen molar-refractivity contribution in [1.82, 2.24) is 9.80 Å². The normalized spacial score (nSPS) is 20.8. The zero-order valence-corrected chi connectivity index (χ0v) is 32.7. The van der Waals surface area contributed by atoms with Gasteiger partial charge in [0.25, 0.3) is 0 Å². The van der Waals surface area contributed by atoms with Crippen molar-refractivity contribution in [2.45, 2.75) is 76.8 Å². The number of halogens is 3. The molecule has 4 amide bonds. The minimum atomic E-state index is -1.66. The first-order chi connectivity index (χ1) is 24.1. The fourth-order valence-electron chi connectivity index (χ4n) is 6.37. The van der Waals surface area contributed by atoms with Gasteiger partial charge in [-0.25, -0.2) is 19.4 Å². The van der Waals surface area contributed by atoms with Gasteiger partial charge in [0, 0.05) is 5.92 Å². The molecule has 0 radical (unpaired) electrons. The van der Waals surface area contributed by atoms with Crippen LogP contribution in [-0.4, -0.2) is 64.6 Å². The number of hydrogen-bond acceptors (Lipinski definition) is 6. The van der Waals surface area contributed by atoms with Crippen molar-refractivity contribution in [3.8, 4) is 0 Å². The molecule has 6 rings (SSSR count). The van der Waals surface area contributed by atoms with Crippen LogP contribution in [0.15, 0.2) is 85.5 Å². The van der Waals surface area contributed by atoms with E-state index < -0.39 is 25.2 Å². The number of hydrogen-bond donors (Lipinski definition) is 0. The Hall–Kier alpha value is -2.75. The zero-order chi connectivity index (χ0) is 36.0. The van der Waals surface area contributed by atoms with Crippen molar-refractivity contribution in [3.63, 3.8) is 0 Å². The fraction of sp³-hybridized carbons (Fsp3) is 0.474. The van der Waals surface area contributed by atoms with Crippen molar-refractivity contribution in [3.05, 3.63) is 96.6 Å². The van der Waals surface area contributed by atoms with E-state index in [4.69, 9.17) is 38.5 Å². The third kappa shape index (κ3) is 14.0. The van der Waals surface area contributed by atoms with Gasteiger partial charge >= 0.3 is 54.2 Å². The molecular formula is C38H48Cl3N2O7Rh. The first kappa shape index (κ1) is 42.7. The summed E-state index contributed by atoms with van der Waals surface area (Å²) in [7, 11) is 14.8. The van der Waals surface area contributed by atoms with E-state index in [-0.39, 0.29) is 54.4 Å². The zero-order valence-electron chi connectivity index (χ0n) is 28.8. The molecule has 2 aromatic rings. The van der Waals surface area contributed by atoms with Gasteiger partial charge in [-0.3, -0.25) is 9.59 Å². The van der Waals surface area contributed by atoms with Crippen molar-refractivity contribution in [1.29, 1.82) is 0 Å². The molecule has 0 spiro atoms. The van der Waals surface area contributed by atoms with E-state index in [1.54, 1.807) is 6.08 Å². The maximum atomic E-state index is 12.9. The third-order valence-corrected chi connectivity index (χ3v) is 9.17. The minimum absolute atomic E-state index is 0. The van der Waals surface area contributed by atoms with Gasteiger partial charge in [0.15, 0.2) is 0 Å². The Bertz CT molecular complexity index is 1460. The van der Waals surface area contributed by atoms with Crippen LogP contribution >= 0.6 is 29.1 Å². The van der Waals surface area contributed by atoms with Gasteiger partial charge in [-0.15, -0.1) is 6.58 Å². The predicted octanol–water partition coefficient (Wildman–Crippen LogP) is 8.38. The molecule has 13 heteroatoms. The Morgan fingerprint density at radius 3 is 1.65 bits per heavy atom. The Balaban J connectivity index is 0.000000245. The van der Waals surface area contributed by atoms with E-state index in [1.807, 2.05) is 79.7 Å². The van der Waals surface area contributed by atoms with Crippen LogP contribution in [-0.2, 0) is 44.9 Å². The second-order valence-electron chi connectivity index (χ2n) is 13.1. The van der Waals surface area contributed by atoms with E-state index in [9.17, 15) is 19.2 Å². The molecule has 9 nitrogen and oxygen atoms in total. The fourth-order valence-corrected chi connectivity index (χ4v) is 6.37. The average molecular weight is 854 g/mol. The monoisotopic (exact) mass is 852 g/mol. The topological polar surface area (TPSA) is 125 Å². The van der Waals surface area contributed by atoms with E-state index in [0.29, 0.717) is 31.1 Å². The number of allylic oxidation sites excluding steroid dienone is 2. The van der Waals surface area contributed by atoms with Crippen LogP contribution in [0.25, 0.3) is 0 Å². The molecule has 2 aliphatic heterocycles. The molecule has 2 heterocycles. The number of carbonyl (C=O) groups is 4. The van der Waals surface area contributed by atoms with Crippen LogP contribution < -0.4 is 0 Å². The summed E-state index contributed by atoms with van der Waals surface area (Å²) >= 11 is -1.66. The number of imide groups is 2. The third-order valence-electron chi connectivity index (χ3n) is 9.17. The van der Waals surface area contributed by atoms with Gasteiger partial charge < -0.3 is 14.9 Å². The first-order valence-electron chi connectivity index (χ1n) is 17.1. The predicted molar refractivity (Wildman–Crippen MR) is 197 cm³/mol. The van der Waals surface area contributed by atoms with Crippen LogP contribution in [0, 0.1) is 23.7 Å². The summed E-state index contributed by atoms with van der Waals surface area (Å²) in [6, 6.07) is 19.4. The Labute approximate surface area is 318 Å². The van der Waals surface area contributed by atoms with Crippen LogP contribution in [0.3, 0.4) is 0 Å². The van der Waals surface area contributed by atoms with E-state index in [0.717, 1.165) is 24.0 Å². The molecule has 0 bridgehead atoms. The van der Waals surface area contributed by atoms with Crippen molar-refractivity contribution < 1.29 is 47.1 Å². The number of carbonyl (C=O) groups excluding carboxylic acids is 4. The average Bonchev–Trinajstić information content (AvgIpc) is 4.03. The summed E-state index contributed by atoms with van der Waals surface area (Å²) in [6.07, 6.45) is 13.0. The number of ether oxygens (including phenoxy) is 2. The molecule has 2 saturated heterocycles. The second-order valence-corrected chi connectivity index (χ2v) is 20.6.